The molecule has 0 atom stereocenters. The van der Waals surface area contributed by atoms with Crippen molar-refractivity contribution >= 4 is 53.1 Å². The number of benzene rings is 7. The van der Waals surface area contributed by atoms with Gasteiger partial charge in [-0.05, 0) is 79.2 Å². The maximum atomic E-state index is 2.42. The Morgan fingerprint density at radius 3 is 1.23 bits per heavy atom. The Balaban J connectivity index is 1.43. The van der Waals surface area contributed by atoms with Crippen LogP contribution >= 0.6 is 11.3 Å². The van der Waals surface area contributed by atoms with Gasteiger partial charge in [-0.15, -0.1) is 11.3 Å². The minimum atomic E-state index is 1.25. The van der Waals surface area contributed by atoms with Gasteiger partial charge in [0, 0.05) is 20.2 Å². The Morgan fingerprint density at radius 2 is 0.692 bits per heavy atom. The molecule has 39 heavy (non-hydrogen) atoms. The van der Waals surface area contributed by atoms with E-state index in [1.807, 2.05) is 11.3 Å². The molecular weight excluding hydrogens is 488 g/mol. The zero-order valence-electron chi connectivity index (χ0n) is 21.3. The molecule has 0 unspecified atom stereocenters. The van der Waals surface area contributed by atoms with Gasteiger partial charge in [-0.1, -0.05) is 121 Å². The van der Waals surface area contributed by atoms with Gasteiger partial charge >= 0.3 is 0 Å². The molecule has 1 heteroatoms. The molecule has 0 nitrogen and oxygen atoms in total. The highest BCUT2D eigenvalue weighted by atomic mass is 32.1. The van der Waals surface area contributed by atoms with E-state index in [0.717, 1.165) is 0 Å². The molecule has 1 aromatic heterocycles. The van der Waals surface area contributed by atoms with Crippen LogP contribution in [0.2, 0.25) is 0 Å². The van der Waals surface area contributed by atoms with Crippen molar-refractivity contribution in [3.63, 3.8) is 0 Å². The lowest BCUT2D eigenvalue weighted by molar-refractivity contribution is 1.66. The number of hydrogen-bond donors (Lipinski definition) is 0. The molecule has 182 valence electrons. The Bertz CT molecular complexity index is 2090. The van der Waals surface area contributed by atoms with Gasteiger partial charge in [-0.3, -0.25) is 0 Å². The van der Waals surface area contributed by atoms with E-state index in [0.29, 0.717) is 0 Å². The summed E-state index contributed by atoms with van der Waals surface area (Å²) in [5.41, 5.74) is 7.64. The highest BCUT2D eigenvalue weighted by Crippen LogP contribution is 2.45. The molecule has 0 amide bonds. The molecule has 8 rings (SSSR count). The van der Waals surface area contributed by atoms with Gasteiger partial charge in [0.2, 0.25) is 0 Å². The van der Waals surface area contributed by atoms with E-state index in [-0.39, 0.29) is 0 Å². The number of thiophene rings is 1. The Morgan fingerprint density at radius 1 is 0.282 bits per heavy atom. The predicted octanol–water partition coefficient (Wildman–Crippen LogP) is 11.4. The van der Waals surface area contributed by atoms with Gasteiger partial charge in [0.15, 0.2) is 0 Å². The fourth-order valence-electron chi connectivity index (χ4n) is 6.10. The number of rotatable bonds is 3. The zero-order valence-corrected chi connectivity index (χ0v) is 22.1. The average Bonchev–Trinajstić information content (AvgIpc) is 3.38. The van der Waals surface area contributed by atoms with Gasteiger partial charge in [0.05, 0.1) is 0 Å². The van der Waals surface area contributed by atoms with Crippen LogP contribution in [-0.2, 0) is 0 Å². The molecular formula is C38H24S. The van der Waals surface area contributed by atoms with E-state index >= 15 is 0 Å². The van der Waals surface area contributed by atoms with E-state index in [4.69, 9.17) is 0 Å². The van der Waals surface area contributed by atoms with Gasteiger partial charge in [-0.25, -0.2) is 0 Å². The van der Waals surface area contributed by atoms with Crippen LogP contribution in [0.25, 0.3) is 75.1 Å². The van der Waals surface area contributed by atoms with Crippen molar-refractivity contribution in [1.82, 2.24) is 0 Å². The van der Waals surface area contributed by atoms with Crippen LogP contribution in [0.15, 0.2) is 146 Å². The SMILES string of the molecule is c1ccc(-c2ccc3sc4ccc(-c5c6ccccc6c(-c6ccccc6)c6ccccc56)cc4c3c2)cc1. The molecule has 7 aromatic carbocycles. The van der Waals surface area contributed by atoms with Crippen LogP contribution in [-0.4, -0.2) is 0 Å². The summed E-state index contributed by atoms with van der Waals surface area (Å²) in [4.78, 5) is 0. The van der Waals surface area contributed by atoms with Crippen LogP contribution < -0.4 is 0 Å². The second kappa shape index (κ2) is 8.94. The minimum Gasteiger partial charge on any atom is -0.135 e. The molecule has 0 radical (unpaired) electrons. The molecule has 0 aliphatic heterocycles. The molecule has 0 fully saturated rings. The number of hydrogen-bond acceptors (Lipinski definition) is 1. The molecule has 8 aromatic rings. The van der Waals surface area contributed by atoms with Crippen molar-refractivity contribution in [2.75, 3.05) is 0 Å². The maximum absolute atomic E-state index is 2.42. The van der Waals surface area contributed by atoms with E-state index < -0.39 is 0 Å². The molecule has 1 heterocycles. The lowest BCUT2D eigenvalue weighted by Crippen LogP contribution is -1.90. The van der Waals surface area contributed by atoms with Crippen LogP contribution in [0.1, 0.15) is 0 Å². The fourth-order valence-corrected chi connectivity index (χ4v) is 7.17. The largest absolute Gasteiger partial charge is 0.135 e. The second-order valence-corrected chi connectivity index (χ2v) is 11.2. The summed E-state index contributed by atoms with van der Waals surface area (Å²) in [5, 5.41) is 7.81. The summed E-state index contributed by atoms with van der Waals surface area (Å²) in [6, 6.07) is 53.2. The average molecular weight is 513 g/mol. The number of fused-ring (bicyclic) bond motifs is 5. The summed E-state index contributed by atoms with van der Waals surface area (Å²) in [7, 11) is 0. The van der Waals surface area contributed by atoms with Crippen molar-refractivity contribution in [3.05, 3.63) is 146 Å². The monoisotopic (exact) mass is 512 g/mol. The highest BCUT2D eigenvalue weighted by molar-refractivity contribution is 7.25. The summed E-state index contributed by atoms with van der Waals surface area (Å²) >= 11 is 1.88. The normalized spacial score (nSPS) is 11.6. The molecule has 0 aliphatic carbocycles. The summed E-state index contributed by atoms with van der Waals surface area (Å²) in [6.45, 7) is 0. The van der Waals surface area contributed by atoms with Crippen molar-refractivity contribution in [2.45, 2.75) is 0 Å². The van der Waals surface area contributed by atoms with Crippen LogP contribution in [0.4, 0.5) is 0 Å². The molecule has 0 spiro atoms. The summed E-state index contributed by atoms with van der Waals surface area (Å²) in [6.07, 6.45) is 0. The first kappa shape index (κ1) is 22.3. The topological polar surface area (TPSA) is 0 Å². The van der Waals surface area contributed by atoms with E-state index in [9.17, 15) is 0 Å². The highest BCUT2D eigenvalue weighted by Gasteiger charge is 2.17. The van der Waals surface area contributed by atoms with Crippen LogP contribution in [0, 0.1) is 0 Å². The van der Waals surface area contributed by atoms with Gasteiger partial charge < -0.3 is 0 Å². The molecule has 0 aliphatic rings. The molecule has 0 saturated carbocycles. The van der Waals surface area contributed by atoms with Crippen molar-refractivity contribution < 1.29 is 0 Å². The maximum Gasteiger partial charge on any atom is 0.0355 e. The van der Waals surface area contributed by atoms with Crippen molar-refractivity contribution in [2.24, 2.45) is 0 Å². The molecule has 0 N–H and O–H groups in total. The smallest absolute Gasteiger partial charge is 0.0355 e. The Labute approximate surface area is 231 Å². The van der Waals surface area contributed by atoms with Crippen LogP contribution in [0.5, 0.6) is 0 Å². The third-order valence-corrected chi connectivity index (χ3v) is 9.01. The third kappa shape index (κ3) is 3.59. The van der Waals surface area contributed by atoms with Gasteiger partial charge in [0.1, 0.15) is 0 Å². The van der Waals surface area contributed by atoms with Crippen molar-refractivity contribution in [3.8, 4) is 33.4 Å². The third-order valence-electron chi connectivity index (χ3n) is 7.86. The first-order valence-electron chi connectivity index (χ1n) is 13.4. The fraction of sp³-hybridized carbons (Fsp3) is 0. The predicted molar refractivity (Wildman–Crippen MR) is 171 cm³/mol. The quantitative estimate of drug-likeness (QED) is 0.207. The Kier molecular flexibility index (Phi) is 5.11. The first-order valence-corrected chi connectivity index (χ1v) is 14.2. The van der Waals surface area contributed by atoms with Crippen LogP contribution in [0.3, 0.4) is 0 Å². The van der Waals surface area contributed by atoms with E-state index in [1.165, 1.54) is 75.1 Å². The van der Waals surface area contributed by atoms with Gasteiger partial charge in [-0.2, -0.15) is 0 Å². The van der Waals surface area contributed by atoms with E-state index in [1.54, 1.807) is 0 Å². The summed E-state index contributed by atoms with van der Waals surface area (Å²) < 4.78 is 2.66. The van der Waals surface area contributed by atoms with Gasteiger partial charge in [0.25, 0.3) is 0 Å². The zero-order chi connectivity index (χ0) is 25.8. The van der Waals surface area contributed by atoms with E-state index in [2.05, 4.69) is 146 Å². The lowest BCUT2D eigenvalue weighted by Gasteiger charge is -2.17. The minimum absolute atomic E-state index is 1.25. The Hall–Kier alpha value is -4.72. The molecule has 0 bridgehead atoms. The van der Waals surface area contributed by atoms with Crippen molar-refractivity contribution in [1.29, 1.82) is 0 Å². The lowest BCUT2D eigenvalue weighted by atomic mass is 9.86. The second-order valence-electron chi connectivity index (χ2n) is 10.1. The summed E-state index contributed by atoms with van der Waals surface area (Å²) in [5.74, 6) is 0. The molecule has 0 saturated heterocycles. The standard InChI is InChI=1S/C38H24S/c1-3-11-25(12-4-1)27-19-21-35-33(23-27)34-24-28(20-22-36(34)39-35)38-31-17-9-7-15-29(31)37(26-13-5-2-6-14-26)30-16-8-10-18-32(30)38/h1-24H. The first-order chi connectivity index (χ1) is 19.3.